The Balaban J connectivity index is 1.57. The van der Waals surface area contributed by atoms with Crippen molar-refractivity contribution in [2.75, 3.05) is 19.5 Å². The fraction of sp³-hybridized carbons (Fsp3) is 0.346. The van der Waals surface area contributed by atoms with Gasteiger partial charge in [0.05, 0.1) is 13.2 Å². The minimum Gasteiger partial charge on any atom is -0.467 e. The summed E-state index contributed by atoms with van der Waals surface area (Å²) in [6.07, 6.45) is 2.66. The lowest BCUT2D eigenvalue weighted by Gasteiger charge is -2.40. The first-order valence-electron chi connectivity index (χ1n) is 11.4. The maximum atomic E-state index is 13.0. The zero-order chi connectivity index (χ0) is 23.8. The van der Waals surface area contributed by atoms with Gasteiger partial charge in [0.2, 0.25) is 5.91 Å². The maximum Gasteiger partial charge on any atom is 0.328 e. The lowest BCUT2D eigenvalue weighted by Crippen LogP contribution is -2.52. The van der Waals surface area contributed by atoms with Crippen LogP contribution in [0.5, 0.6) is 0 Å². The fourth-order valence-electron chi connectivity index (χ4n) is 4.81. The molecule has 2 atom stereocenters. The number of rotatable bonds is 6. The molecular formula is C26H26ClN3O4. The van der Waals surface area contributed by atoms with Crippen LogP contribution in [-0.2, 0) is 20.7 Å². The van der Waals surface area contributed by atoms with E-state index in [4.69, 9.17) is 16.3 Å². The van der Waals surface area contributed by atoms with Gasteiger partial charge in [0.25, 0.3) is 5.91 Å². The number of hydrogen-bond donors (Lipinski definition) is 2. The van der Waals surface area contributed by atoms with Gasteiger partial charge in [-0.25, -0.2) is 4.79 Å². The molecule has 0 saturated heterocycles. The Kier molecular flexibility index (Phi) is 6.04. The third-order valence-electron chi connectivity index (χ3n) is 6.74. The second-order valence-electron chi connectivity index (χ2n) is 8.92. The molecule has 7 nitrogen and oxygen atoms in total. The molecule has 0 unspecified atom stereocenters. The van der Waals surface area contributed by atoms with Crippen LogP contribution in [0.15, 0.2) is 48.5 Å². The molecule has 2 aromatic carbocycles. The van der Waals surface area contributed by atoms with E-state index in [2.05, 4.69) is 10.3 Å². The quantitative estimate of drug-likeness (QED) is 0.417. The zero-order valence-corrected chi connectivity index (χ0v) is 19.6. The van der Waals surface area contributed by atoms with Gasteiger partial charge in [0.15, 0.2) is 0 Å². The summed E-state index contributed by atoms with van der Waals surface area (Å²) in [6.45, 7) is 0.695. The monoisotopic (exact) mass is 479 g/mol. The van der Waals surface area contributed by atoms with E-state index in [1.54, 1.807) is 12.1 Å². The predicted molar refractivity (Wildman–Crippen MR) is 129 cm³/mol. The average molecular weight is 480 g/mol. The number of benzene rings is 2. The second kappa shape index (κ2) is 9.14. The SMILES string of the molecule is COC(=O)[C@H]1Cc2c([nH]c3ccccc23)[C@H](c2ccc(C(=O)NCC3CC3)cc2)N1C(=O)CCl. The van der Waals surface area contributed by atoms with Gasteiger partial charge in [0.1, 0.15) is 11.9 Å². The minimum atomic E-state index is -0.811. The van der Waals surface area contributed by atoms with Gasteiger partial charge in [-0.15, -0.1) is 11.6 Å². The van der Waals surface area contributed by atoms with Crippen molar-refractivity contribution in [3.63, 3.8) is 0 Å². The largest absolute Gasteiger partial charge is 0.467 e. The van der Waals surface area contributed by atoms with Crippen molar-refractivity contribution < 1.29 is 19.1 Å². The third-order valence-corrected chi connectivity index (χ3v) is 6.97. The number of ether oxygens (including phenoxy) is 1. The minimum absolute atomic E-state index is 0.116. The number of nitrogens with one attached hydrogen (secondary N) is 2. The number of hydrogen-bond acceptors (Lipinski definition) is 4. The van der Waals surface area contributed by atoms with Gasteiger partial charge in [-0.3, -0.25) is 9.59 Å². The van der Waals surface area contributed by atoms with Gasteiger partial charge in [0, 0.05) is 35.1 Å². The normalized spacial score (nSPS) is 19.5. The topological polar surface area (TPSA) is 91.5 Å². The molecule has 1 aliphatic heterocycles. The molecule has 0 radical (unpaired) electrons. The zero-order valence-electron chi connectivity index (χ0n) is 18.8. The lowest BCUT2D eigenvalue weighted by molar-refractivity contribution is -0.154. The van der Waals surface area contributed by atoms with Crippen molar-refractivity contribution in [1.29, 1.82) is 0 Å². The molecule has 0 bridgehead atoms. The highest BCUT2D eigenvalue weighted by atomic mass is 35.5. The summed E-state index contributed by atoms with van der Waals surface area (Å²) < 4.78 is 5.07. The van der Waals surface area contributed by atoms with Crippen molar-refractivity contribution >= 4 is 40.3 Å². The number of methoxy groups -OCH3 is 1. The van der Waals surface area contributed by atoms with E-state index >= 15 is 0 Å². The summed E-state index contributed by atoms with van der Waals surface area (Å²) in [6, 6.07) is 13.7. The first kappa shape index (κ1) is 22.5. The summed E-state index contributed by atoms with van der Waals surface area (Å²) >= 11 is 5.98. The predicted octanol–water partition coefficient (Wildman–Crippen LogP) is 3.56. The number of amides is 2. The number of carbonyl (C=O) groups excluding carboxylic acids is 3. The first-order valence-corrected chi connectivity index (χ1v) is 12.0. The number of aromatic nitrogens is 1. The average Bonchev–Trinajstić information content (AvgIpc) is 3.64. The summed E-state index contributed by atoms with van der Waals surface area (Å²) in [7, 11) is 1.32. The van der Waals surface area contributed by atoms with Crippen molar-refractivity contribution in [2.45, 2.75) is 31.3 Å². The van der Waals surface area contributed by atoms with E-state index in [1.807, 2.05) is 36.4 Å². The highest BCUT2D eigenvalue weighted by Gasteiger charge is 2.43. The molecule has 176 valence electrons. The summed E-state index contributed by atoms with van der Waals surface area (Å²) in [5.74, 6) is -0.639. The van der Waals surface area contributed by atoms with E-state index in [0.717, 1.165) is 27.7 Å². The Labute approximate surface area is 202 Å². The molecular weight excluding hydrogens is 454 g/mol. The Morgan fingerprint density at radius 3 is 2.53 bits per heavy atom. The number of fused-ring (bicyclic) bond motifs is 3. The number of nitrogens with zero attached hydrogens (tertiary/aromatic N) is 1. The van der Waals surface area contributed by atoms with Gasteiger partial charge < -0.3 is 19.9 Å². The van der Waals surface area contributed by atoms with Crippen molar-refractivity contribution in [3.05, 3.63) is 70.9 Å². The van der Waals surface area contributed by atoms with Crippen molar-refractivity contribution in [1.82, 2.24) is 15.2 Å². The molecule has 1 aromatic heterocycles. The van der Waals surface area contributed by atoms with Gasteiger partial charge in [-0.2, -0.15) is 0 Å². The van der Waals surface area contributed by atoms with Crippen LogP contribution >= 0.6 is 11.6 Å². The van der Waals surface area contributed by atoms with Crippen LogP contribution in [-0.4, -0.2) is 53.2 Å². The molecule has 0 spiro atoms. The fourth-order valence-corrected chi connectivity index (χ4v) is 4.95. The van der Waals surface area contributed by atoms with Crippen LogP contribution in [0.2, 0.25) is 0 Å². The first-order chi connectivity index (χ1) is 16.5. The standard InChI is InChI=1S/C26H26ClN3O4/c1-34-26(33)21-12-19-18-4-2-3-5-20(18)29-23(19)24(30(21)22(31)13-27)16-8-10-17(11-9-16)25(32)28-14-15-6-7-15/h2-5,8-11,15,21,24,29H,6-7,12-14H2,1H3,(H,28,32)/t21-,24+/m1/s1. The summed E-state index contributed by atoms with van der Waals surface area (Å²) in [5.41, 5.74) is 4.07. The molecule has 3 aromatic rings. The van der Waals surface area contributed by atoms with E-state index in [0.29, 0.717) is 24.4 Å². The van der Waals surface area contributed by atoms with Crippen LogP contribution in [0.1, 0.15) is 46.1 Å². The number of aromatic amines is 1. The molecule has 8 heteroatoms. The van der Waals surface area contributed by atoms with Crippen molar-refractivity contribution in [2.24, 2.45) is 5.92 Å². The highest BCUT2D eigenvalue weighted by molar-refractivity contribution is 6.27. The summed E-state index contributed by atoms with van der Waals surface area (Å²) in [5, 5.41) is 3.98. The van der Waals surface area contributed by atoms with E-state index in [-0.39, 0.29) is 17.7 Å². The molecule has 2 aliphatic rings. The van der Waals surface area contributed by atoms with E-state index in [9.17, 15) is 14.4 Å². The van der Waals surface area contributed by atoms with Crippen molar-refractivity contribution in [3.8, 4) is 0 Å². The van der Waals surface area contributed by atoms with Crippen LogP contribution in [0.4, 0.5) is 0 Å². The Morgan fingerprint density at radius 2 is 1.85 bits per heavy atom. The van der Waals surface area contributed by atoms with Gasteiger partial charge in [-0.1, -0.05) is 30.3 Å². The van der Waals surface area contributed by atoms with Crippen LogP contribution in [0.25, 0.3) is 10.9 Å². The van der Waals surface area contributed by atoms with Gasteiger partial charge >= 0.3 is 5.97 Å². The maximum absolute atomic E-state index is 13.0. The number of H-pyrrole nitrogens is 1. The number of esters is 1. The second-order valence-corrected chi connectivity index (χ2v) is 9.19. The molecule has 2 amide bonds. The number of halogens is 1. The number of alkyl halides is 1. The van der Waals surface area contributed by atoms with E-state index < -0.39 is 18.1 Å². The molecule has 1 aliphatic carbocycles. The molecule has 5 rings (SSSR count). The molecule has 1 fully saturated rings. The molecule has 1 saturated carbocycles. The number of para-hydroxylation sites is 1. The lowest BCUT2D eigenvalue weighted by atomic mass is 9.87. The third kappa shape index (κ3) is 4.05. The Bertz CT molecular complexity index is 1250. The Hall–Kier alpha value is -3.32. The molecule has 2 heterocycles. The van der Waals surface area contributed by atoms with Crippen LogP contribution in [0, 0.1) is 5.92 Å². The number of carbonyl (C=O) groups is 3. The summed E-state index contributed by atoms with van der Waals surface area (Å²) in [4.78, 5) is 43.3. The van der Waals surface area contributed by atoms with Gasteiger partial charge in [-0.05, 0) is 48.1 Å². The highest BCUT2D eigenvalue weighted by Crippen LogP contribution is 2.41. The van der Waals surface area contributed by atoms with E-state index in [1.165, 1.54) is 24.9 Å². The molecule has 2 N–H and O–H groups in total. The Morgan fingerprint density at radius 1 is 1.12 bits per heavy atom. The molecule has 34 heavy (non-hydrogen) atoms. The van der Waals surface area contributed by atoms with Crippen LogP contribution in [0.3, 0.4) is 0 Å². The smallest absolute Gasteiger partial charge is 0.328 e. The van der Waals surface area contributed by atoms with Crippen LogP contribution < -0.4 is 5.32 Å².